The molecule has 2 amide bonds. The molecular formula is C28H36N4O4. The van der Waals surface area contributed by atoms with Gasteiger partial charge in [-0.1, -0.05) is 24.3 Å². The van der Waals surface area contributed by atoms with Crippen molar-refractivity contribution in [3.05, 3.63) is 59.2 Å². The number of hydrogen-bond donors (Lipinski definition) is 1. The molecule has 2 aromatic carbocycles. The zero-order chi connectivity index (χ0) is 25.2. The van der Waals surface area contributed by atoms with Crippen molar-refractivity contribution in [3.8, 4) is 5.75 Å². The molecule has 8 heteroatoms. The highest BCUT2D eigenvalue weighted by Crippen LogP contribution is 2.31. The molecule has 0 bridgehead atoms. The predicted octanol–water partition coefficient (Wildman–Crippen LogP) is 2.00. The predicted molar refractivity (Wildman–Crippen MR) is 138 cm³/mol. The lowest BCUT2D eigenvalue weighted by Crippen LogP contribution is -2.48. The second-order valence-electron chi connectivity index (χ2n) is 10.2. The molecule has 2 aromatic rings. The minimum Gasteiger partial charge on any atom is -0.488 e. The van der Waals surface area contributed by atoms with Crippen molar-refractivity contribution >= 4 is 17.5 Å². The number of hydrogen-bond acceptors (Lipinski definition) is 6. The highest BCUT2D eigenvalue weighted by atomic mass is 16.5. The van der Waals surface area contributed by atoms with E-state index in [1.807, 2.05) is 30.0 Å². The van der Waals surface area contributed by atoms with Crippen LogP contribution in [0.2, 0.25) is 0 Å². The van der Waals surface area contributed by atoms with E-state index in [0.717, 1.165) is 38.3 Å². The Balaban J connectivity index is 1.23. The Kier molecular flexibility index (Phi) is 7.16. The summed E-state index contributed by atoms with van der Waals surface area (Å²) in [6, 6.07) is 14.2. The van der Waals surface area contributed by atoms with E-state index in [0.29, 0.717) is 37.5 Å². The second-order valence-corrected chi connectivity index (χ2v) is 10.2. The number of fused-ring (bicyclic) bond motifs is 2. The van der Waals surface area contributed by atoms with E-state index >= 15 is 0 Å². The molecule has 0 aromatic heterocycles. The van der Waals surface area contributed by atoms with Crippen LogP contribution in [0.1, 0.15) is 35.3 Å². The van der Waals surface area contributed by atoms with Crippen LogP contribution in [0.4, 0.5) is 5.69 Å². The number of aliphatic hydroxyl groups is 1. The van der Waals surface area contributed by atoms with Gasteiger partial charge < -0.3 is 24.5 Å². The summed E-state index contributed by atoms with van der Waals surface area (Å²) in [4.78, 5) is 33.1. The van der Waals surface area contributed by atoms with E-state index in [1.54, 1.807) is 11.8 Å². The Bertz CT molecular complexity index is 1110. The van der Waals surface area contributed by atoms with Gasteiger partial charge in [0.05, 0.1) is 18.2 Å². The number of amides is 2. The molecule has 0 spiro atoms. The van der Waals surface area contributed by atoms with Crippen LogP contribution in [0.25, 0.3) is 0 Å². The van der Waals surface area contributed by atoms with Gasteiger partial charge in [-0.2, -0.15) is 0 Å². The van der Waals surface area contributed by atoms with Crippen molar-refractivity contribution in [3.63, 3.8) is 0 Å². The molecule has 1 fully saturated rings. The maximum Gasteiger partial charge on any atom is 0.257 e. The lowest BCUT2D eigenvalue weighted by Gasteiger charge is -2.35. The normalized spacial score (nSPS) is 21.4. The summed E-state index contributed by atoms with van der Waals surface area (Å²) < 4.78 is 6.17. The summed E-state index contributed by atoms with van der Waals surface area (Å²) in [7, 11) is 0. The van der Waals surface area contributed by atoms with Crippen LogP contribution in [0.3, 0.4) is 0 Å². The summed E-state index contributed by atoms with van der Waals surface area (Å²) in [6.07, 6.45) is 0.162. The van der Waals surface area contributed by atoms with E-state index in [2.05, 4.69) is 34.1 Å². The highest BCUT2D eigenvalue weighted by molar-refractivity contribution is 5.98. The lowest BCUT2D eigenvalue weighted by atomic mass is 10.00. The Morgan fingerprint density at radius 1 is 1.06 bits per heavy atom. The molecule has 1 N–H and O–H groups in total. The molecule has 1 saturated heterocycles. The van der Waals surface area contributed by atoms with Crippen LogP contribution in [0.15, 0.2) is 42.5 Å². The monoisotopic (exact) mass is 492 g/mol. The van der Waals surface area contributed by atoms with Crippen molar-refractivity contribution < 1.29 is 19.4 Å². The molecule has 5 rings (SSSR count). The van der Waals surface area contributed by atoms with Crippen LogP contribution in [-0.2, 0) is 17.8 Å². The van der Waals surface area contributed by atoms with Crippen molar-refractivity contribution in [2.45, 2.75) is 39.0 Å². The number of ether oxygens (including phenoxy) is 1. The van der Waals surface area contributed by atoms with E-state index in [1.165, 1.54) is 11.1 Å². The molecule has 0 unspecified atom stereocenters. The fourth-order valence-corrected chi connectivity index (χ4v) is 5.56. The largest absolute Gasteiger partial charge is 0.488 e. The number of piperazine rings is 1. The number of benzene rings is 2. The van der Waals surface area contributed by atoms with Crippen LogP contribution in [0.5, 0.6) is 5.75 Å². The molecule has 0 saturated carbocycles. The zero-order valence-corrected chi connectivity index (χ0v) is 21.2. The van der Waals surface area contributed by atoms with Crippen molar-refractivity contribution in [1.82, 2.24) is 14.7 Å². The first-order valence-corrected chi connectivity index (χ1v) is 12.9. The van der Waals surface area contributed by atoms with Gasteiger partial charge in [0.2, 0.25) is 5.91 Å². The van der Waals surface area contributed by atoms with E-state index in [-0.39, 0.29) is 24.5 Å². The average molecular weight is 493 g/mol. The van der Waals surface area contributed by atoms with Crippen LogP contribution < -0.4 is 9.64 Å². The Labute approximate surface area is 213 Å². The molecular weight excluding hydrogens is 456 g/mol. The van der Waals surface area contributed by atoms with Crippen molar-refractivity contribution in [2.75, 3.05) is 57.3 Å². The first-order valence-electron chi connectivity index (χ1n) is 12.9. The third kappa shape index (κ3) is 5.34. The van der Waals surface area contributed by atoms with Crippen LogP contribution in [0, 0.1) is 0 Å². The zero-order valence-electron chi connectivity index (χ0n) is 21.2. The number of aliphatic hydroxyl groups excluding tert-OH is 1. The summed E-state index contributed by atoms with van der Waals surface area (Å²) in [5.41, 5.74) is 4.23. The van der Waals surface area contributed by atoms with E-state index in [4.69, 9.17) is 4.74 Å². The Morgan fingerprint density at radius 3 is 2.56 bits per heavy atom. The topological polar surface area (TPSA) is 76.6 Å². The number of rotatable bonds is 5. The van der Waals surface area contributed by atoms with Crippen molar-refractivity contribution in [2.24, 2.45) is 0 Å². The van der Waals surface area contributed by atoms with Gasteiger partial charge in [0.25, 0.3) is 5.91 Å². The Morgan fingerprint density at radius 2 is 1.81 bits per heavy atom. The van der Waals surface area contributed by atoms with Crippen LogP contribution in [-0.4, -0.2) is 96.2 Å². The molecule has 192 valence electrons. The second kappa shape index (κ2) is 10.5. The van der Waals surface area contributed by atoms with Gasteiger partial charge in [-0.15, -0.1) is 0 Å². The van der Waals surface area contributed by atoms with Gasteiger partial charge in [0.1, 0.15) is 11.9 Å². The maximum atomic E-state index is 13.4. The first-order chi connectivity index (χ1) is 17.4. The minimum atomic E-state index is -0.634. The molecule has 3 heterocycles. The van der Waals surface area contributed by atoms with Crippen LogP contribution >= 0.6 is 0 Å². The summed E-state index contributed by atoms with van der Waals surface area (Å²) in [5.74, 6) is 0.584. The standard InChI is InChI=1S/C28H36N4O4/c1-20-16-32(19-25(34)18-29-10-9-22-5-3-4-6-23(22)17-29)28(35)26-8-7-24(15-27(26)36-20)31-13-11-30(12-14-31)21(2)33/h3-8,15,20,25,34H,9-14,16-19H2,1-2H3/t20-,25+/m0/s1. The minimum absolute atomic E-state index is 0.103. The number of anilines is 1. The summed E-state index contributed by atoms with van der Waals surface area (Å²) in [5, 5.41) is 10.9. The summed E-state index contributed by atoms with van der Waals surface area (Å²) >= 11 is 0. The number of nitrogens with zero attached hydrogens (tertiary/aromatic N) is 4. The van der Waals surface area contributed by atoms with Gasteiger partial charge in [-0.25, -0.2) is 0 Å². The van der Waals surface area contributed by atoms with Gasteiger partial charge >= 0.3 is 0 Å². The van der Waals surface area contributed by atoms with Gasteiger partial charge in [0, 0.05) is 71.0 Å². The summed E-state index contributed by atoms with van der Waals surface area (Å²) in [6.45, 7) is 9.43. The quantitative estimate of drug-likeness (QED) is 0.688. The maximum absolute atomic E-state index is 13.4. The average Bonchev–Trinajstić information content (AvgIpc) is 2.98. The lowest BCUT2D eigenvalue weighted by molar-refractivity contribution is -0.129. The SMILES string of the molecule is CC(=O)N1CCN(c2ccc3c(c2)O[C@@H](C)CN(C[C@H](O)CN2CCc4ccccc4C2)C3=O)CC1. The van der Waals surface area contributed by atoms with Gasteiger partial charge in [-0.05, 0) is 36.6 Å². The Hall–Kier alpha value is -3.10. The fraction of sp³-hybridized carbons (Fsp3) is 0.500. The van der Waals surface area contributed by atoms with Crippen molar-refractivity contribution in [1.29, 1.82) is 0 Å². The molecule has 3 aliphatic rings. The third-order valence-electron chi connectivity index (χ3n) is 7.49. The molecule has 8 nitrogen and oxygen atoms in total. The molecule has 0 radical (unpaired) electrons. The first kappa shape index (κ1) is 24.6. The fourth-order valence-electron chi connectivity index (χ4n) is 5.56. The number of carbonyl (C=O) groups excluding carboxylic acids is 2. The molecule has 0 aliphatic carbocycles. The highest BCUT2D eigenvalue weighted by Gasteiger charge is 2.30. The van der Waals surface area contributed by atoms with E-state index in [9.17, 15) is 14.7 Å². The molecule has 3 aliphatic heterocycles. The van der Waals surface area contributed by atoms with E-state index < -0.39 is 6.10 Å². The molecule has 36 heavy (non-hydrogen) atoms. The van der Waals surface area contributed by atoms with Gasteiger partial charge in [0.15, 0.2) is 0 Å². The molecule has 2 atom stereocenters. The third-order valence-corrected chi connectivity index (χ3v) is 7.49. The number of β-amino-alcohol motifs (C(OH)–C–C–N with tert-alkyl or cyclic N) is 1. The smallest absolute Gasteiger partial charge is 0.257 e. The van der Waals surface area contributed by atoms with Gasteiger partial charge in [-0.3, -0.25) is 14.5 Å². The number of carbonyl (C=O) groups is 2.